The van der Waals surface area contributed by atoms with E-state index in [1.165, 1.54) is 18.6 Å². The van der Waals surface area contributed by atoms with E-state index in [9.17, 15) is 18.5 Å². The molecule has 33 heavy (non-hydrogen) atoms. The topological polar surface area (TPSA) is 119 Å². The molecular formula is C21H28Cl2N4O4S2. The van der Waals surface area contributed by atoms with Crippen LogP contribution in [-0.4, -0.2) is 49.7 Å². The third-order valence-corrected chi connectivity index (χ3v) is 7.98. The van der Waals surface area contributed by atoms with Gasteiger partial charge in [-0.1, -0.05) is 18.2 Å². The molecule has 0 unspecified atom stereocenters. The molecule has 182 valence electrons. The standard InChI is InChI=1S/C21H26N4O4S2.2ClH/c22-31(28,29)19-6-7-20(21(11-19)25(26)27)23-17(14-30-18-4-2-1-3-5-18)8-9-24-12-15-10-16(15)13-24;;/h1-7,11,15-17,23H,8-10,12-14H2,(H2,22,28,29);2*1H/t15-,16+,17-;;/m1../s1. The summed E-state index contributed by atoms with van der Waals surface area (Å²) in [6.45, 7) is 3.22. The number of sulfonamides is 1. The van der Waals surface area contributed by atoms with E-state index in [1.54, 1.807) is 11.8 Å². The molecule has 0 amide bonds. The molecule has 1 aliphatic carbocycles. The van der Waals surface area contributed by atoms with Crippen LogP contribution in [0.15, 0.2) is 58.3 Å². The highest BCUT2D eigenvalue weighted by molar-refractivity contribution is 7.99. The largest absolute Gasteiger partial charge is 0.376 e. The van der Waals surface area contributed by atoms with Gasteiger partial charge in [-0.05, 0) is 48.9 Å². The molecule has 8 nitrogen and oxygen atoms in total. The van der Waals surface area contributed by atoms with Crippen LogP contribution in [0.4, 0.5) is 11.4 Å². The smallest absolute Gasteiger partial charge is 0.293 e. The minimum atomic E-state index is -4.02. The number of hydrogen-bond donors (Lipinski definition) is 2. The highest BCUT2D eigenvalue weighted by Gasteiger charge is 2.44. The lowest BCUT2D eigenvalue weighted by Gasteiger charge is -2.24. The molecule has 4 rings (SSSR count). The molecular weight excluding hydrogens is 507 g/mol. The van der Waals surface area contributed by atoms with E-state index in [2.05, 4.69) is 10.2 Å². The van der Waals surface area contributed by atoms with Gasteiger partial charge in [0.15, 0.2) is 0 Å². The Labute approximate surface area is 210 Å². The Morgan fingerprint density at radius 2 is 1.82 bits per heavy atom. The van der Waals surface area contributed by atoms with Gasteiger partial charge in [-0.2, -0.15) is 0 Å². The Kier molecular flexibility index (Phi) is 9.83. The normalized spacial score (nSPS) is 20.2. The first-order chi connectivity index (χ1) is 14.8. The van der Waals surface area contributed by atoms with Crippen LogP contribution < -0.4 is 10.5 Å². The van der Waals surface area contributed by atoms with Gasteiger partial charge in [0.25, 0.3) is 5.69 Å². The lowest BCUT2D eigenvalue weighted by molar-refractivity contribution is -0.384. The first-order valence-electron chi connectivity index (χ1n) is 10.3. The predicted molar refractivity (Wildman–Crippen MR) is 136 cm³/mol. The molecule has 1 saturated carbocycles. The molecule has 1 aliphatic heterocycles. The number of nitro groups is 1. The van der Waals surface area contributed by atoms with Gasteiger partial charge < -0.3 is 10.2 Å². The molecule has 2 aliphatic rings. The molecule has 2 fully saturated rings. The van der Waals surface area contributed by atoms with Crippen LogP contribution >= 0.6 is 36.6 Å². The van der Waals surface area contributed by atoms with Crippen LogP contribution in [0.1, 0.15) is 12.8 Å². The maximum atomic E-state index is 11.6. The summed E-state index contributed by atoms with van der Waals surface area (Å²) in [6.07, 6.45) is 2.19. The van der Waals surface area contributed by atoms with Gasteiger partial charge in [0.1, 0.15) is 5.69 Å². The summed E-state index contributed by atoms with van der Waals surface area (Å²) in [5.41, 5.74) is 0.0176. The molecule has 2 aromatic rings. The number of nitro benzene ring substituents is 1. The van der Waals surface area contributed by atoms with E-state index < -0.39 is 14.9 Å². The van der Waals surface area contributed by atoms with Gasteiger partial charge in [-0.15, -0.1) is 36.6 Å². The minimum Gasteiger partial charge on any atom is -0.376 e. The van der Waals surface area contributed by atoms with E-state index in [0.29, 0.717) is 5.69 Å². The van der Waals surface area contributed by atoms with Crippen molar-refractivity contribution in [2.75, 3.05) is 30.7 Å². The molecule has 0 aromatic heterocycles. The van der Waals surface area contributed by atoms with Crippen molar-refractivity contribution in [2.24, 2.45) is 17.0 Å². The van der Waals surface area contributed by atoms with E-state index in [1.807, 2.05) is 30.3 Å². The number of primary sulfonamides is 1. The van der Waals surface area contributed by atoms with Gasteiger partial charge in [0.2, 0.25) is 10.0 Å². The maximum Gasteiger partial charge on any atom is 0.293 e. The van der Waals surface area contributed by atoms with E-state index in [0.717, 1.165) is 54.6 Å². The number of nitrogens with two attached hydrogens (primary N) is 1. The fraction of sp³-hybridized carbons (Fsp3) is 0.429. The lowest BCUT2D eigenvalue weighted by Crippen LogP contribution is -2.31. The number of nitrogens with one attached hydrogen (secondary N) is 1. The second kappa shape index (κ2) is 11.7. The molecule has 12 heteroatoms. The van der Waals surface area contributed by atoms with Crippen molar-refractivity contribution in [3.05, 3.63) is 58.6 Å². The number of anilines is 1. The van der Waals surface area contributed by atoms with Crippen molar-refractivity contribution >= 4 is 58.0 Å². The molecule has 1 saturated heterocycles. The molecule has 3 atom stereocenters. The number of piperidine rings is 1. The Hall–Kier alpha value is -1.56. The Morgan fingerprint density at radius 3 is 2.42 bits per heavy atom. The second-order valence-electron chi connectivity index (χ2n) is 8.25. The van der Waals surface area contributed by atoms with E-state index >= 15 is 0 Å². The van der Waals surface area contributed by atoms with Gasteiger partial charge in [0, 0.05) is 42.4 Å². The Balaban J connectivity index is 0.00000193. The molecule has 0 bridgehead atoms. The summed E-state index contributed by atoms with van der Waals surface area (Å²) in [4.78, 5) is 14.3. The summed E-state index contributed by atoms with van der Waals surface area (Å²) in [6, 6.07) is 13.8. The number of halogens is 2. The summed E-state index contributed by atoms with van der Waals surface area (Å²) in [7, 11) is -4.02. The monoisotopic (exact) mass is 534 g/mol. The van der Waals surface area contributed by atoms with Crippen LogP contribution in [-0.2, 0) is 10.0 Å². The third kappa shape index (κ3) is 7.46. The molecule has 3 N–H and O–H groups in total. The maximum absolute atomic E-state index is 11.6. The third-order valence-electron chi connectivity index (χ3n) is 5.90. The summed E-state index contributed by atoms with van der Waals surface area (Å²) in [5.74, 6) is 2.45. The molecule has 2 aromatic carbocycles. The number of thioether (sulfide) groups is 1. The average molecular weight is 536 g/mol. The predicted octanol–water partition coefficient (Wildman–Crippen LogP) is 4.00. The number of fused-ring (bicyclic) bond motifs is 1. The molecule has 0 radical (unpaired) electrons. The quantitative estimate of drug-likeness (QED) is 0.268. The van der Waals surface area contributed by atoms with Crippen molar-refractivity contribution in [3.63, 3.8) is 0 Å². The zero-order chi connectivity index (χ0) is 22.0. The summed E-state index contributed by atoms with van der Waals surface area (Å²) >= 11 is 1.69. The van der Waals surface area contributed by atoms with Gasteiger partial charge in [-0.3, -0.25) is 10.1 Å². The zero-order valence-electron chi connectivity index (χ0n) is 17.8. The van der Waals surface area contributed by atoms with Crippen molar-refractivity contribution in [1.82, 2.24) is 4.90 Å². The fourth-order valence-electron chi connectivity index (χ4n) is 4.11. The van der Waals surface area contributed by atoms with Gasteiger partial charge in [-0.25, -0.2) is 13.6 Å². The second-order valence-corrected chi connectivity index (χ2v) is 10.9. The van der Waals surface area contributed by atoms with Crippen LogP contribution in [0.25, 0.3) is 0 Å². The van der Waals surface area contributed by atoms with Crippen molar-refractivity contribution < 1.29 is 13.3 Å². The molecule has 0 spiro atoms. The number of benzene rings is 2. The summed E-state index contributed by atoms with van der Waals surface area (Å²) < 4.78 is 23.2. The average Bonchev–Trinajstić information content (AvgIpc) is 3.35. The van der Waals surface area contributed by atoms with Crippen LogP contribution in [0.5, 0.6) is 0 Å². The van der Waals surface area contributed by atoms with Crippen LogP contribution in [0.2, 0.25) is 0 Å². The molecule has 1 heterocycles. The Bertz CT molecular complexity index is 1050. The van der Waals surface area contributed by atoms with Crippen LogP contribution in [0, 0.1) is 22.0 Å². The lowest BCUT2D eigenvalue weighted by atomic mass is 10.2. The van der Waals surface area contributed by atoms with Crippen molar-refractivity contribution in [3.8, 4) is 0 Å². The SMILES string of the molecule is Cl.Cl.NS(=O)(=O)c1ccc(N[C@H](CCN2C[C@H]3C[C@H]3C2)CSc2ccccc2)c([N+](=O)[O-])c1. The highest BCUT2D eigenvalue weighted by Crippen LogP contribution is 2.44. The van der Waals surface area contributed by atoms with Crippen molar-refractivity contribution in [2.45, 2.75) is 28.7 Å². The fourth-order valence-corrected chi connectivity index (χ4v) is 5.64. The zero-order valence-corrected chi connectivity index (χ0v) is 21.1. The number of nitrogens with zero attached hydrogens (tertiary/aromatic N) is 2. The van der Waals surface area contributed by atoms with E-state index in [-0.39, 0.29) is 41.4 Å². The first-order valence-corrected chi connectivity index (χ1v) is 12.8. The number of likely N-dealkylation sites (tertiary alicyclic amines) is 1. The first kappa shape index (κ1) is 27.7. The van der Waals surface area contributed by atoms with E-state index in [4.69, 9.17) is 5.14 Å². The van der Waals surface area contributed by atoms with Crippen molar-refractivity contribution in [1.29, 1.82) is 0 Å². The van der Waals surface area contributed by atoms with Crippen LogP contribution in [0.3, 0.4) is 0 Å². The van der Waals surface area contributed by atoms with Gasteiger partial charge >= 0.3 is 0 Å². The number of rotatable bonds is 10. The highest BCUT2D eigenvalue weighted by atomic mass is 35.5. The summed E-state index contributed by atoms with van der Waals surface area (Å²) in [5, 5.41) is 20.0. The Morgan fingerprint density at radius 1 is 1.15 bits per heavy atom. The minimum absolute atomic E-state index is 0. The number of hydrogen-bond acceptors (Lipinski definition) is 7. The van der Waals surface area contributed by atoms with Gasteiger partial charge in [0.05, 0.1) is 9.82 Å².